The lowest BCUT2D eigenvalue weighted by Crippen LogP contribution is -2.41. The Morgan fingerprint density at radius 1 is 1.32 bits per heavy atom. The van der Waals surface area contributed by atoms with Crippen molar-refractivity contribution in [2.75, 3.05) is 6.54 Å². The molecule has 104 valence electrons. The van der Waals surface area contributed by atoms with E-state index in [0.717, 1.165) is 5.56 Å². The van der Waals surface area contributed by atoms with Crippen molar-refractivity contribution in [2.24, 2.45) is 5.73 Å². The first-order valence-corrected chi connectivity index (χ1v) is 6.13. The predicted octanol–water partition coefficient (Wildman–Crippen LogP) is 0.882. The molecule has 1 aromatic rings. The number of rotatable bonds is 6. The van der Waals surface area contributed by atoms with E-state index in [2.05, 4.69) is 5.32 Å². The third kappa shape index (κ3) is 4.71. The number of carboxylic acids is 1. The zero-order valence-electron chi connectivity index (χ0n) is 11.2. The Bertz CT molecular complexity index is 443. The minimum absolute atomic E-state index is 0.208. The number of nitrogens with one attached hydrogen (secondary N) is 1. The Morgan fingerprint density at radius 3 is 2.42 bits per heavy atom. The summed E-state index contributed by atoms with van der Waals surface area (Å²) in [6.07, 6.45) is -0.208. The molecule has 0 saturated carbocycles. The van der Waals surface area contributed by atoms with Crippen molar-refractivity contribution in [1.82, 2.24) is 5.32 Å². The molecule has 0 fully saturated rings. The molecule has 1 rings (SSSR count). The van der Waals surface area contributed by atoms with E-state index in [1.807, 2.05) is 44.2 Å². The average Bonchev–Trinajstić information content (AvgIpc) is 2.37. The molecule has 19 heavy (non-hydrogen) atoms. The molecule has 4 N–H and O–H groups in total. The molecule has 0 saturated heterocycles. The first kappa shape index (κ1) is 15.2. The molecule has 0 aliphatic heterocycles. The van der Waals surface area contributed by atoms with Gasteiger partial charge in [-0.15, -0.1) is 0 Å². The van der Waals surface area contributed by atoms with E-state index < -0.39 is 12.0 Å². The van der Waals surface area contributed by atoms with Crippen LogP contribution in [0.15, 0.2) is 30.3 Å². The smallest absolute Gasteiger partial charge is 0.321 e. The second kappa shape index (κ2) is 6.33. The number of benzene rings is 1. The van der Waals surface area contributed by atoms with E-state index in [1.54, 1.807) is 0 Å². The van der Waals surface area contributed by atoms with E-state index in [9.17, 15) is 9.59 Å². The second-order valence-electron chi connectivity index (χ2n) is 5.18. The monoisotopic (exact) mass is 264 g/mol. The quantitative estimate of drug-likeness (QED) is 0.711. The number of aliphatic carboxylic acids is 1. The Hall–Kier alpha value is -1.88. The number of hydrogen-bond donors (Lipinski definition) is 3. The zero-order valence-corrected chi connectivity index (χ0v) is 11.2. The van der Waals surface area contributed by atoms with Crippen molar-refractivity contribution >= 4 is 11.9 Å². The summed E-state index contributed by atoms with van der Waals surface area (Å²) in [5, 5.41) is 11.4. The van der Waals surface area contributed by atoms with Crippen LogP contribution in [0, 0.1) is 0 Å². The molecule has 0 radical (unpaired) electrons. The van der Waals surface area contributed by atoms with Gasteiger partial charge in [0.15, 0.2) is 0 Å². The van der Waals surface area contributed by atoms with Gasteiger partial charge in [0.05, 0.1) is 6.42 Å². The lowest BCUT2D eigenvalue weighted by Gasteiger charge is -2.25. The molecule has 0 aromatic heterocycles. The summed E-state index contributed by atoms with van der Waals surface area (Å²) >= 11 is 0. The Balaban J connectivity index is 2.52. The molecule has 0 aliphatic carbocycles. The van der Waals surface area contributed by atoms with Crippen LogP contribution in [0.25, 0.3) is 0 Å². The molecule has 5 nitrogen and oxygen atoms in total. The van der Waals surface area contributed by atoms with Gasteiger partial charge in [-0.1, -0.05) is 44.2 Å². The minimum Gasteiger partial charge on any atom is -0.480 e. The van der Waals surface area contributed by atoms with E-state index >= 15 is 0 Å². The topological polar surface area (TPSA) is 92.4 Å². The van der Waals surface area contributed by atoms with Crippen LogP contribution in [0.1, 0.15) is 25.8 Å². The summed E-state index contributed by atoms with van der Waals surface area (Å²) < 4.78 is 0. The lowest BCUT2D eigenvalue weighted by molar-refractivity contribution is -0.140. The van der Waals surface area contributed by atoms with Gasteiger partial charge in [-0.05, 0) is 5.56 Å². The van der Waals surface area contributed by atoms with Gasteiger partial charge in [-0.2, -0.15) is 0 Å². The summed E-state index contributed by atoms with van der Waals surface area (Å²) in [7, 11) is 0. The predicted molar refractivity (Wildman–Crippen MR) is 72.7 cm³/mol. The van der Waals surface area contributed by atoms with E-state index in [-0.39, 0.29) is 17.7 Å². The molecule has 1 unspecified atom stereocenters. The van der Waals surface area contributed by atoms with Gasteiger partial charge >= 0.3 is 5.97 Å². The van der Waals surface area contributed by atoms with Crippen LogP contribution in [-0.2, 0) is 15.0 Å². The summed E-state index contributed by atoms with van der Waals surface area (Å²) in [4.78, 5) is 22.1. The highest BCUT2D eigenvalue weighted by atomic mass is 16.4. The van der Waals surface area contributed by atoms with Gasteiger partial charge in [0, 0.05) is 12.0 Å². The standard InChI is InChI=1S/C14H20N2O3/c1-14(2,10-6-4-3-5-7-10)9-16-12(17)8-11(15)13(18)19/h3-7,11H,8-9,15H2,1-2H3,(H,16,17)(H,18,19). The van der Waals surface area contributed by atoms with Crippen molar-refractivity contribution < 1.29 is 14.7 Å². The largest absolute Gasteiger partial charge is 0.480 e. The van der Waals surface area contributed by atoms with Crippen LogP contribution in [-0.4, -0.2) is 29.6 Å². The van der Waals surface area contributed by atoms with Crippen molar-refractivity contribution in [3.63, 3.8) is 0 Å². The number of amides is 1. The van der Waals surface area contributed by atoms with Crippen LogP contribution in [0.5, 0.6) is 0 Å². The maximum Gasteiger partial charge on any atom is 0.321 e. The SMILES string of the molecule is CC(C)(CNC(=O)CC(N)C(=O)O)c1ccccc1. The van der Waals surface area contributed by atoms with Crippen molar-refractivity contribution in [1.29, 1.82) is 0 Å². The Kier molecular flexibility index (Phi) is 5.06. The van der Waals surface area contributed by atoms with Crippen molar-refractivity contribution in [2.45, 2.75) is 31.7 Å². The third-order valence-electron chi connectivity index (χ3n) is 3.01. The first-order valence-electron chi connectivity index (χ1n) is 6.13. The van der Waals surface area contributed by atoms with Gasteiger partial charge in [-0.3, -0.25) is 9.59 Å². The fourth-order valence-corrected chi connectivity index (χ4v) is 1.67. The molecular weight excluding hydrogens is 244 g/mol. The van der Waals surface area contributed by atoms with E-state index in [4.69, 9.17) is 10.8 Å². The molecule has 0 aliphatic rings. The zero-order chi connectivity index (χ0) is 14.5. The van der Waals surface area contributed by atoms with Crippen LogP contribution < -0.4 is 11.1 Å². The highest BCUT2D eigenvalue weighted by Gasteiger charge is 2.22. The van der Waals surface area contributed by atoms with Gasteiger partial charge in [0.2, 0.25) is 5.91 Å². The number of carbonyl (C=O) groups excluding carboxylic acids is 1. The number of hydrogen-bond acceptors (Lipinski definition) is 3. The summed E-state index contributed by atoms with van der Waals surface area (Å²) in [5.74, 6) is -1.52. The Morgan fingerprint density at radius 2 is 1.89 bits per heavy atom. The van der Waals surface area contributed by atoms with Gasteiger partial charge in [-0.25, -0.2) is 0 Å². The van der Waals surface area contributed by atoms with Crippen LogP contribution in [0.4, 0.5) is 0 Å². The number of nitrogens with two attached hydrogens (primary N) is 1. The van der Waals surface area contributed by atoms with Crippen molar-refractivity contribution in [3.8, 4) is 0 Å². The summed E-state index contributed by atoms with van der Waals surface area (Å²) in [6, 6.07) is 8.66. The van der Waals surface area contributed by atoms with Crippen LogP contribution >= 0.6 is 0 Å². The van der Waals surface area contributed by atoms with Crippen LogP contribution in [0.2, 0.25) is 0 Å². The molecule has 1 atom stereocenters. The Labute approximate surface area is 112 Å². The molecule has 1 amide bonds. The average molecular weight is 264 g/mol. The van der Waals surface area contributed by atoms with E-state index in [0.29, 0.717) is 6.54 Å². The maximum absolute atomic E-state index is 11.6. The summed E-state index contributed by atoms with van der Waals surface area (Å²) in [5.41, 5.74) is 6.20. The molecule has 0 bridgehead atoms. The van der Waals surface area contributed by atoms with Crippen LogP contribution in [0.3, 0.4) is 0 Å². The molecule has 1 aromatic carbocycles. The second-order valence-corrected chi connectivity index (χ2v) is 5.18. The normalized spacial score (nSPS) is 12.8. The number of carboxylic acid groups (broad SMARTS) is 1. The highest BCUT2D eigenvalue weighted by molar-refractivity contribution is 5.84. The molecule has 0 heterocycles. The molecule has 5 heteroatoms. The highest BCUT2D eigenvalue weighted by Crippen LogP contribution is 2.21. The van der Waals surface area contributed by atoms with Gasteiger partial charge < -0.3 is 16.2 Å². The fraction of sp³-hybridized carbons (Fsp3) is 0.429. The molecular formula is C14H20N2O3. The van der Waals surface area contributed by atoms with Gasteiger partial charge in [0.1, 0.15) is 6.04 Å². The minimum atomic E-state index is -1.17. The van der Waals surface area contributed by atoms with E-state index in [1.165, 1.54) is 0 Å². The summed E-state index contributed by atoms with van der Waals surface area (Å²) in [6.45, 7) is 4.46. The fourth-order valence-electron chi connectivity index (χ4n) is 1.67. The molecule has 0 spiro atoms. The number of carbonyl (C=O) groups is 2. The lowest BCUT2D eigenvalue weighted by atomic mass is 9.84. The third-order valence-corrected chi connectivity index (χ3v) is 3.01. The van der Waals surface area contributed by atoms with Crippen molar-refractivity contribution in [3.05, 3.63) is 35.9 Å². The first-order chi connectivity index (χ1) is 8.83. The van der Waals surface area contributed by atoms with Gasteiger partial charge in [0.25, 0.3) is 0 Å². The maximum atomic E-state index is 11.6.